The number of nitrogens with zero attached hydrogens (tertiary/aromatic N) is 3. The number of thiophene rings is 1. The highest BCUT2D eigenvalue weighted by Crippen LogP contribution is 2.44. The van der Waals surface area contributed by atoms with Gasteiger partial charge in [-0.2, -0.15) is 0 Å². The van der Waals surface area contributed by atoms with E-state index in [9.17, 15) is 0 Å². The minimum atomic E-state index is -0.0757. The normalized spacial score (nSPS) is 12.1. The molecule has 0 radical (unpaired) electrons. The lowest BCUT2D eigenvalue weighted by Crippen LogP contribution is -2.12. The second kappa shape index (κ2) is 8.89. The molecule has 3 heterocycles. The SMILES string of the molecule is Cc1ccc(-c2nc3c(C(C)(C)C)cncc3n2-c2ccccc2)c2sc3cc(-c4ccccc4)ccc3c12. The Hall–Kier alpha value is -4.28. The lowest BCUT2D eigenvalue weighted by atomic mass is 9.87. The van der Waals surface area contributed by atoms with Crippen LogP contribution in [0.25, 0.3) is 59.4 Å². The molecule has 0 saturated heterocycles. The van der Waals surface area contributed by atoms with Gasteiger partial charge < -0.3 is 0 Å². The first-order valence-electron chi connectivity index (χ1n) is 13.3. The minimum Gasteiger partial charge on any atom is -0.291 e. The summed E-state index contributed by atoms with van der Waals surface area (Å²) in [5.74, 6) is 0.953. The molecule has 39 heavy (non-hydrogen) atoms. The Morgan fingerprint density at radius 2 is 1.51 bits per heavy atom. The Kier molecular flexibility index (Phi) is 5.43. The molecule has 0 bridgehead atoms. The molecule has 0 N–H and O–H groups in total. The summed E-state index contributed by atoms with van der Waals surface area (Å²) in [7, 11) is 0. The Morgan fingerprint density at radius 1 is 0.769 bits per heavy atom. The average molecular weight is 524 g/mol. The minimum absolute atomic E-state index is 0.0757. The summed E-state index contributed by atoms with van der Waals surface area (Å²) in [5.41, 5.74) is 9.13. The molecular weight excluding hydrogens is 494 g/mol. The summed E-state index contributed by atoms with van der Waals surface area (Å²) in [6.45, 7) is 8.90. The number of pyridine rings is 1. The van der Waals surface area contributed by atoms with Crippen molar-refractivity contribution in [3.63, 3.8) is 0 Å². The highest BCUT2D eigenvalue weighted by molar-refractivity contribution is 7.26. The second-order valence-corrected chi connectivity index (χ2v) is 12.3. The largest absolute Gasteiger partial charge is 0.291 e. The van der Waals surface area contributed by atoms with Gasteiger partial charge in [0.05, 0.1) is 17.2 Å². The fraction of sp³-hybridized carbons (Fsp3) is 0.143. The molecule has 0 atom stereocenters. The van der Waals surface area contributed by atoms with Crippen molar-refractivity contribution < 1.29 is 0 Å². The molecular formula is C35H29N3S. The Morgan fingerprint density at radius 3 is 2.26 bits per heavy atom. The maximum absolute atomic E-state index is 5.37. The van der Waals surface area contributed by atoms with Crippen LogP contribution < -0.4 is 0 Å². The van der Waals surface area contributed by atoms with Crippen molar-refractivity contribution in [2.75, 3.05) is 0 Å². The van der Waals surface area contributed by atoms with Gasteiger partial charge in [0.2, 0.25) is 0 Å². The van der Waals surface area contributed by atoms with Crippen LogP contribution in [0, 0.1) is 6.92 Å². The summed E-state index contributed by atoms with van der Waals surface area (Å²) >= 11 is 1.86. The fourth-order valence-electron chi connectivity index (χ4n) is 5.59. The molecule has 0 spiro atoms. The molecule has 190 valence electrons. The monoisotopic (exact) mass is 523 g/mol. The lowest BCUT2D eigenvalue weighted by Gasteiger charge is -2.18. The molecule has 0 aliphatic rings. The quantitative estimate of drug-likeness (QED) is 0.231. The van der Waals surface area contributed by atoms with Gasteiger partial charge in [-0.15, -0.1) is 11.3 Å². The molecule has 4 aromatic carbocycles. The van der Waals surface area contributed by atoms with Crippen LogP contribution in [0.15, 0.2) is 103 Å². The molecule has 3 nitrogen and oxygen atoms in total. The number of aryl methyl sites for hydroxylation is 1. The summed E-state index contributed by atoms with van der Waals surface area (Å²) in [6, 6.07) is 32.5. The predicted octanol–water partition coefficient (Wildman–Crippen LogP) is 9.73. The molecule has 3 aromatic heterocycles. The number of benzene rings is 4. The van der Waals surface area contributed by atoms with Crippen molar-refractivity contribution in [2.24, 2.45) is 0 Å². The first-order chi connectivity index (χ1) is 18.9. The smallest absolute Gasteiger partial charge is 0.147 e. The molecule has 7 rings (SSSR count). The number of hydrogen-bond donors (Lipinski definition) is 0. The molecule has 0 unspecified atom stereocenters. The van der Waals surface area contributed by atoms with Crippen LogP contribution in [0.5, 0.6) is 0 Å². The summed E-state index contributed by atoms with van der Waals surface area (Å²) in [6.07, 6.45) is 3.93. The van der Waals surface area contributed by atoms with Gasteiger partial charge in [0.15, 0.2) is 0 Å². The van der Waals surface area contributed by atoms with Crippen molar-refractivity contribution >= 4 is 42.5 Å². The van der Waals surface area contributed by atoms with Crippen LogP contribution in [0.3, 0.4) is 0 Å². The summed E-state index contributed by atoms with van der Waals surface area (Å²) in [4.78, 5) is 10.0. The van der Waals surface area contributed by atoms with E-state index in [1.807, 2.05) is 23.7 Å². The van der Waals surface area contributed by atoms with E-state index in [0.29, 0.717) is 0 Å². The van der Waals surface area contributed by atoms with Crippen LogP contribution >= 0.6 is 11.3 Å². The highest BCUT2D eigenvalue weighted by Gasteiger charge is 2.25. The Labute approximate surface area is 232 Å². The van der Waals surface area contributed by atoms with Crippen LogP contribution in [0.4, 0.5) is 0 Å². The van der Waals surface area contributed by atoms with Crippen LogP contribution in [0.1, 0.15) is 31.9 Å². The first kappa shape index (κ1) is 23.8. The molecule has 0 aliphatic heterocycles. The lowest BCUT2D eigenvalue weighted by molar-refractivity contribution is 0.592. The van der Waals surface area contributed by atoms with Crippen LogP contribution in [-0.4, -0.2) is 14.5 Å². The van der Waals surface area contributed by atoms with Gasteiger partial charge in [0.1, 0.15) is 5.82 Å². The van der Waals surface area contributed by atoms with E-state index in [1.165, 1.54) is 36.9 Å². The van der Waals surface area contributed by atoms with E-state index in [1.54, 1.807) is 0 Å². The average Bonchev–Trinajstić information content (AvgIpc) is 3.52. The van der Waals surface area contributed by atoms with E-state index in [2.05, 4.69) is 128 Å². The number of fused-ring (bicyclic) bond motifs is 4. The van der Waals surface area contributed by atoms with Gasteiger partial charge in [-0.1, -0.05) is 87.5 Å². The van der Waals surface area contributed by atoms with Crippen molar-refractivity contribution in [3.05, 3.63) is 115 Å². The zero-order valence-electron chi connectivity index (χ0n) is 22.6. The summed E-state index contributed by atoms with van der Waals surface area (Å²) in [5, 5.41) is 2.61. The molecule has 0 amide bonds. The standard InChI is InChI=1S/C35H29N3S/c1-22-15-17-27(33-31(22)26-18-16-24(19-30(26)39-33)23-11-7-5-8-12-23)34-37-32-28(35(2,3)4)20-36-21-29(32)38(34)25-13-9-6-10-14-25/h5-21H,1-4H3. The summed E-state index contributed by atoms with van der Waals surface area (Å²) < 4.78 is 4.84. The van der Waals surface area contributed by atoms with E-state index in [4.69, 9.17) is 4.98 Å². The third-order valence-corrected chi connectivity index (χ3v) is 8.75. The van der Waals surface area contributed by atoms with Crippen molar-refractivity contribution in [2.45, 2.75) is 33.1 Å². The Balaban J connectivity index is 1.55. The van der Waals surface area contributed by atoms with Gasteiger partial charge in [0.25, 0.3) is 0 Å². The van der Waals surface area contributed by atoms with Crippen LogP contribution in [0.2, 0.25) is 0 Å². The van der Waals surface area contributed by atoms with Gasteiger partial charge in [0, 0.05) is 43.2 Å². The molecule has 7 aromatic rings. The van der Waals surface area contributed by atoms with Gasteiger partial charge in [-0.05, 0) is 53.3 Å². The zero-order valence-corrected chi connectivity index (χ0v) is 23.4. The molecule has 0 fully saturated rings. The Bertz CT molecular complexity index is 1990. The zero-order chi connectivity index (χ0) is 26.7. The van der Waals surface area contributed by atoms with Crippen molar-refractivity contribution in [1.29, 1.82) is 0 Å². The van der Waals surface area contributed by atoms with Gasteiger partial charge >= 0.3 is 0 Å². The van der Waals surface area contributed by atoms with Gasteiger partial charge in [-0.3, -0.25) is 9.55 Å². The topological polar surface area (TPSA) is 30.7 Å². The number of rotatable bonds is 3. The number of aromatic nitrogens is 3. The fourth-order valence-corrected chi connectivity index (χ4v) is 6.92. The number of hydrogen-bond acceptors (Lipinski definition) is 3. The number of imidazole rings is 1. The van der Waals surface area contributed by atoms with Gasteiger partial charge in [-0.25, -0.2) is 4.98 Å². The second-order valence-electron chi connectivity index (χ2n) is 11.2. The third-order valence-electron chi connectivity index (χ3n) is 7.57. The number of para-hydroxylation sites is 1. The van der Waals surface area contributed by atoms with Crippen LogP contribution in [-0.2, 0) is 5.41 Å². The molecule has 4 heteroatoms. The van der Waals surface area contributed by atoms with E-state index >= 15 is 0 Å². The maximum atomic E-state index is 5.37. The predicted molar refractivity (Wildman–Crippen MR) is 166 cm³/mol. The highest BCUT2D eigenvalue weighted by atomic mass is 32.1. The molecule has 0 saturated carbocycles. The van der Waals surface area contributed by atoms with E-state index in [-0.39, 0.29) is 5.41 Å². The molecule has 0 aliphatic carbocycles. The van der Waals surface area contributed by atoms with Crippen molar-refractivity contribution in [1.82, 2.24) is 14.5 Å². The first-order valence-corrected chi connectivity index (χ1v) is 14.2. The third kappa shape index (κ3) is 3.86. The maximum Gasteiger partial charge on any atom is 0.147 e. The van der Waals surface area contributed by atoms with E-state index < -0.39 is 0 Å². The van der Waals surface area contributed by atoms with E-state index in [0.717, 1.165) is 33.7 Å². The van der Waals surface area contributed by atoms with Crippen molar-refractivity contribution in [3.8, 4) is 28.2 Å².